The number of anilines is 2. The van der Waals surface area contributed by atoms with E-state index in [1.807, 2.05) is 12.1 Å². The Labute approximate surface area is 89.8 Å². The van der Waals surface area contributed by atoms with Gasteiger partial charge >= 0.3 is 0 Å². The monoisotopic (exact) mass is 204 g/mol. The van der Waals surface area contributed by atoms with Gasteiger partial charge < -0.3 is 15.4 Å². The number of nitrogens with two attached hydrogens (primary N) is 1. The van der Waals surface area contributed by atoms with Crippen molar-refractivity contribution in [2.24, 2.45) is 11.8 Å². The second-order valence-corrected chi connectivity index (χ2v) is 4.52. The number of hydrogen-bond acceptors (Lipinski definition) is 3. The van der Waals surface area contributed by atoms with Crippen LogP contribution >= 0.6 is 0 Å². The molecule has 0 saturated carbocycles. The second kappa shape index (κ2) is 3.42. The molecule has 0 aromatic heterocycles. The van der Waals surface area contributed by atoms with Gasteiger partial charge in [0, 0.05) is 24.9 Å². The zero-order chi connectivity index (χ0) is 10.3. The van der Waals surface area contributed by atoms with Crippen molar-refractivity contribution >= 4 is 11.4 Å². The SMILES string of the molecule is Nc1ccccc1N1C[C@@H]2COC[C@H]2C1. The van der Waals surface area contributed by atoms with Gasteiger partial charge in [0.2, 0.25) is 0 Å². The van der Waals surface area contributed by atoms with Crippen LogP contribution in [0.4, 0.5) is 11.4 Å². The van der Waals surface area contributed by atoms with Gasteiger partial charge in [0.25, 0.3) is 0 Å². The Morgan fingerprint density at radius 3 is 2.47 bits per heavy atom. The number of para-hydroxylation sites is 2. The fourth-order valence-electron chi connectivity index (χ4n) is 2.66. The Balaban J connectivity index is 1.82. The Hall–Kier alpha value is -1.22. The van der Waals surface area contributed by atoms with Crippen LogP contribution in [0.25, 0.3) is 0 Å². The highest BCUT2D eigenvalue weighted by atomic mass is 16.5. The highest BCUT2D eigenvalue weighted by molar-refractivity contribution is 5.67. The van der Waals surface area contributed by atoms with Gasteiger partial charge in [0.05, 0.1) is 24.6 Å². The molecule has 0 spiro atoms. The Kier molecular flexibility index (Phi) is 2.06. The lowest BCUT2D eigenvalue weighted by molar-refractivity contribution is 0.177. The molecule has 2 fully saturated rings. The zero-order valence-electron chi connectivity index (χ0n) is 8.73. The third kappa shape index (κ3) is 1.47. The number of benzene rings is 1. The van der Waals surface area contributed by atoms with Crippen molar-refractivity contribution in [3.63, 3.8) is 0 Å². The molecule has 0 unspecified atom stereocenters. The summed E-state index contributed by atoms with van der Waals surface area (Å²) in [6.07, 6.45) is 0. The average molecular weight is 204 g/mol. The summed E-state index contributed by atoms with van der Waals surface area (Å²) in [6.45, 7) is 4.04. The summed E-state index contributed by atoms with van der Waals surface area (Å²) >= 11 is 0. The van der Waals surface area contributed by atoms with Gasteiger partial charge in [-0.15, -0.1) is 0 Å². The Bertz CT molecular complexity index is 354. The van der Waals surface area contributed by atoms with Crippen molar-refractivity contribution < 1.29 is 4.74 Å². The van der Waals surface area contributed by atoms with Crippen molar-refractivity contribution in [2.75, 3.05) is 36.9 Å². The summed E-state index contributed by atoms with van der Waals surface area (Å²) in [5, 5.41) is 0. The van der Waals surface area contributed by atoms with E-state index in [2.05, 4.69) is 17.0 Å². The van der Waals surface area contributed by atoms with Crippen LogP contribution in [0.5, 0.6) is 0 Å². The number of nitrogen functional groups attached to an aromatic ring is 1. The van der Waals surface area contributed by atoms with Gasteiger partial charge in [-0.05, 0) is 12.1 Å². The van der Waals surface area contributed by atoms with E-state index < -0.39 is 0 Å². The van der Waals surface area contributed by atoms with Crippen LogP contribution in [0.1, 0.15) is 0 Å². The molecular formula is C12H16N2O. The minimum atomic E-state index is 0.713. The van der Waals surface area contributed by atoms with E-state index in [4.69, 9.17) is 10.5 Å². The van der Waals surface area contributed by atoms with Crippen molar-refractivity contribution in [3.8, 4) is 0 Å². The maximum absolute atomic E-state index is 5.98. The first kappa shape index (κ1) is 9.04. The van der Waals surface area contributed by atoms with Crippen LogP contribution < -0.4 is 10.6 Å². The first-order chi connectivity index (χ1) is 7.34. The largest absolute Gasteiger partial charge is 0.397 e. The van der Waals surface area contributed by atoms with Gasteiger partial charge in [0.1, 0.15) is 0 Å². The maximum atomic E-state index is 5.98. The molecule has 1 aromatic carbocycles. The summed E-state index contributed by atoms with van der Waals surface area (Å²) in [6, 6.07) is 8.12. The van der Waals surface area contributed by atoms with Gasteiger partial charge in [0.15, 0.2) is 0 Å². The van der Waals surface area contributed by atoms with E-state index in [0.717, 1.165) is 32.0 Å². The minimum absolute atomic E-state index is 0.713. The van der Waals surface area contributed by atoms with E-state index in [1.54, 1.807) is 0 Å². The molecule has 2 aliphatic rings. The Morgan fingerprint density at radius 2 is 1.80 bits per heavy atom. The predicted octanol–water partition coefficient (Wildman–Crippen LogP) is 1.35. The lowest BCUT2D eigenvalue weighted by Crippen LogP contribution is -2.23. The smallest absolute Gasteiger partial charge is 0.0600 e. The van der Waals surface area contributed by atoms with Crippen LogP contribution in [-0.4, -0.2) is 26.3 Å². The molecule has 2 heterocycles. The molecule has 2 N–H and O–H groups in total. The molecule has 2 saturated heterocycles. The fraction of sp³-hybridized carbons (Fsp3) is 0.500. The topological polar surface area (TPSA) is 38.5 Å². The summed E-state index contributed by atoms with van der Waals surface area (Å²) in [7, 11) is 0. The number of rotatable bonds is 1. The summed E-state index contributed by atoms with van der Waals surface area (Å²) in [4.78, 5) is 2.40. The third-order valence-electron chi connectivity index (χ3n) is 3.52. The predicted molar refractivity (Wildman–Crippen MR) is 60.9 cm³/mol. The number of nitrogens with zero attached hydrogens (tertiary/aromatic N) is 1. The molecule has 0 aliphatic carbocycles. The normalized spacial score (nSPS) is 29.5. The van der Waals surface area contributed by atoms with E-state index in [1.165, 1.54) is 5.69 Å². The third-order valence-corrected chi connectivity index (χ3v) is 3.52. The van der Waals surface area contributed by atoms with Crippen LogP contribution in [0.3, 0.4) is 0 Å². The van der Waals surface area contributed by atoms with Gasteiger partial charge in [-0.3, -0.25) is 0 Å². The van der Waals surface area contributed by atoms with Gasteiger partial charge in [-0.2, -0.15) is 0 Å². The summed E-state index contributed by atoms with van der Waals surface area (Å²) < 4.78 is 5.47. The first-order valence-electron chi connectivity index (χ1n) is 5.52. The van der Waals surface area contributed by atoms with E-state index in [-0.39, 0.29) is 0 Å². The number of hydrogen-bond donors (Lipinski definition) is 1. The molecule has 0 bridgehead atoms. The molecule has 2 atom stereocenters. The van der Waals surface area contributed by atoms with Crippen LogP contribution in [0.2, 0.25) is 0 Å². The highest BCUT2D eigenvalue weighted by Gasteiger charge is 2.37. The molecule has 3 heteroatoms. The summed E-state index contributed by atoms with van der Waals surface area (Å²) in [5.74, 6) is 1.43. The first-order valence-corrected chi connectivity index (χ1v) is 5.52. The number of ether oxygens (including phenoxy) is 1. The molecular weight excluding hydrogens is 188 g/mol. The molecule has 1 aromatic rings. The van der Waals surface area contributed by atoms with E-state index in [0.29, 0.717) is 11.8 Å². The lowest BCUT2D eigenvalue weighted by Gasteiger charge is -2.21. The zero-order valence-corrected chi connectivity index (χ0v) is 8.73. The van der Waals surface area contributed by atoms with Crippen LogP contribution in [0, 0.1) is 11.8 Å². The molecule has 3 nitrogen and oxygen atoms in total. The molecule has 3 rings (SSSR count). The van der Waals surface area contributed by atoms with Crippen LogP contribution in [0.15, 0.2) is 24.3 Å². The molecule has 15 heavy (non-hydrogen) atoms. The van der Waals surface area contributed by atoms with Crippen molar-refractivity contribution in [2.45, 2.75) is 0 Å². The standard InChI is InChI=1S/C12H16N2O/c13-11-3-1-2-4-12(11)14-5-9-7-15-8-10(9)6-14/h1-4,9-10H,5-8,13H2/t9-,10-/m1/s1. The average Bonchev–Trinajstić information content (AvgIpc) is 2.77. The van der Waals surface area contributed by atoms with Crippen molar-refractivity contribution in [3.05, 3.63) is 24.3 Å². The van der Waals surface area contributed by atoms with Crippen LogP contribution in [-0.2, 0) is 4.74 Å². The van der Waals surface area contributed by atoms with Crippen molar-refractivity contribution in [1.29, 1.82) is 0 Å². The van der Waals surface area contributed by atoms with Gasteiger partial charge in [-0.25, -0.2) is 0 Å². The molecule has 0 amide bonds. The fourth-order valence-corrected chi connectivity index (χ4v) is 2.66. The molecule has 0 radical (unpaired) electrons. The molecule has 80 valence electrons. The maximum Gasteiger partial charge on any atom is 0.0600 e. The minimum Gasteiger partial charge on any atom is -0.397 e. The lowest BCUT2D eigenvalue weighted by atomic mass is 10.0. The van der Waals surface area contributed by atoms with E-state index >= 15 is 0 Å². The van der Waals surface area contributed by atoms with Gasteiger partial charge in [-0.1, -0.05) is 12.1 Å². The quantitative estimate of drug-likeness (QED) is 0.702. The number of fused-ring (bicyclic) bond motifs is 1. The van der Waals surface area contributed by atoms with E-state index in [9.17, 15) is 0 Å². The Morgan fingerprint density at radius 1 is 1.13 bits per heavy atom. The highest BCUT2D eigenvalue weighted by Crippen LogP contribution is 2.34. The summed E-state index contributed by atoms with van der Waals surface area (Å²) in [5.41, 5.74) is 8.05. The van der Waals surface area contributed by atoms with Crippen molar-refractivity contribution in [1.82, 2.24) is 0 Å². The second-order valence-electron chi connectivity index (χ2n) is 4.52. The molecule has 2 aliphatic heterocycles.